The van der Waals surface area contributed by atoms with E-state index < -0.39 is 17.6 Å². The third-order valence-electron chi connectivity index (χ3n) is 7.97. The first-order valence-electron chi connectivity index (χ1n) is 13.1. The first kappa shape index (κ1) is 29.1. The average Bonchev–Trinajstić information content (AvgIpc) is 2.91. The summed E-state index contributed by atoms with van der Waals surface area (Å²) in [6, 6.07) is 10.9. The highest BCUT2D eigenvalue weighted by molar-refractivity contribution is 9.10. The Morgan fingerprint density at radius 2 is 1.56 bits per heavy atom. The van der Waals surface area contributed by atoms with Gasteiger partial charge in [-0.25, -0.2) is 0 Å². The van der Waals surface area contributed by atoms with E-state index in [0.717, 1.165) is 23.3 Å². The maximum atomic E-state index is 13.5. The number of nitrogens with zero attached hydrogens (tertiary/aromatic N) is 3. The van der Waals surface area contributed by atoms with Gasteiger partial charge in [0, 0.05) is 68.1 Å². The molecule has 2 aromatic carbocycles. The van der Waals surface area contributed by atoms with Crippen LogP contribution < -0.4 is 0 Å². The SMILES string of the molecule is CC(=O)N1CCC(C(=O)N2CCC(N(C)C(=O)c3cc(Br)cc(C(F)(F)F)c3)C(c3ccc(C)cc3)C2)CC1. The molecule has 2 aliphatic heterocycles. The third kappa shape index (κ3) is 6.65. The minimum Gasteiger partial charge on any atom is -0.343 e. The molecule has 2 heterocycles. The average molecular weight is 608 g/mol. The lowest BCUT2D eigenvalue weighted by molar-refractivity contribution is -0.141. The van der Waals surface area contributed by atoms with Crippen molar-refractivity contribution in [3.63, 3.8) is 0 Å². The number of alkyl halides is 3. The van der Waals surface area contributed by atoms with E-state index in [9.17, 15) is 27.6 Å². The molecule has 2 atom stereocenters. The highest BCUT2D eigenvalue weighted by Gasteiger charge is 2.39. The second-order valence-electron chi connectivity index (χ2n) is 10.6. The number of halogens is 4. The molecule has 0 N–H and O–H groups in total. The Bertz CT molecular complexity index is 1230. The van der Waals surface area contributed by atoms with Crippen molar-refractivity contribution in [2.24, 2.45) is 5.92 Å². The number of benzene rings is 2. The molecular weight excluding hydrogens is 575 g/mol. The van der Waals surface area contributed by atoms with Crippen molar-refractivity contribution < 1.29 is 27.6 Å². The molecule has 0 saturated carbocycles. The van der Waals surface area contributed by atoms with Crippen LogP contribution >= 0.6 is 15.9 Å². The predicted octanol–water partition coefficient (Wildman–Crippen LogP) is 5.49. The number of rotatable bonds is 4. The Balaban J connectivity index is 1.56. The summed E-state index contributed by atoms with van der Waals surface area (Å²) in [7, 11) is 1.62. The second kappa shape index (κ2) is 11.7. The van der Waals surface area contributed by atoms with E-state index in [4.69, 9.17) is 0 Å². The minimum atomic E-state index is -4.58. The van der Waals surface area contributed by atoms with Crippen LogP contribution in [0.1, 0.15) is 59.2 Å². The molecule has 39 heavy (non-hydrogen) atoms. The van der Waals surface area contributed by atoms with Crippen molar-refractivity contribution in [3.05, 3.63) is 69.2 Å². The van der Waals surface area contributed by atoms with Gasteiger partial charge in [-0.2, -0.15) is 13.2 Å². The van der Waals surface area contributed by atoms with Gasteiger partial charge in [-0.15, -0.1) is 0 Å². The number of carbonyl (C=O) groups excluding carboxylic acids is 3. The zero-order valence-electron chi connectivity index (χ0n) is 22.3. The molecule has 0 aromatic heterocycles. The molecule has 0 radical (unpaired) electrons. The minimum absolute atomic E-state index is 0.0154. The number of likely N-dealkylation sites (tertiary alicyclic amines) is 2. The van der Waals surface area contributed by atoms with E-state index >= 15 is 0 Å². The Hall–Kier alpha value is -2.88. The van der Waals surface area contributed by atoms with Gasteiger partial charge in [-0.1, -0.05) is 45.8 Å². The van der Waals surface area contributed by atoms with Crippen molar-refractivity contribution in [1.29, 1.82) is 0 Å². The first-order valence-corrected chi connectivity index (χ1v) is 13.9. The molecule has 2 saturated heterocycles. The number of likely N-dealkylation sites (N-methyl/N-ethyl adjacent to an activating group) is 1. The Labute approximate surface area is 235 Å². The molecule has 2 aliphatic rings. The molecule has 0 aliphatic carbocycles. The smallest absolute Gasteiger partial charge is 0.343 e. The number of hydrogen-bond donors (Lipinski definition) is 0. The van der Waals surface area contributed by atoms with Crippen LogP contribution in [0.4, 0.5) is 13.2 Å². The van der Waals surface area contributed by atoms with Gasteiger partial charge in [0.1, 0.15) is 0 Å². The fraction of sp³-hybridized carbons (Fsp3) is 0.483. The largest absolute Gasteiger partial charge is 0.416 e. The molecule has 2 aromatic rings. The van der Waals surface area contributed by atoms with Crippen molar-refractivity contribution in [2.75, 3.05) is 33.2 Å². The molecule has 0 spiro atoms. The normalized spacial score (nSPS) is 20.6. The zero-order chi connectivity index (χ0) is 28.5. The molecular formula is C29H33BrF3N3O3. The second-order valence-corrected chi connectivity index (χ2v) is 11.5. The van der Waals surface area contributed by atoms with Crippen LogP contribution in [-0.4, -0.2) is 71.7 Å². The lowest BCUT2D eigenvalue weighted by atomic mass is 9.83. The predicted molar refractivity (Wildman–Crippen MR) is 145 cm³/mol. The standard InChI is InChI=1S/C29H33BrF3N3O3/c1-18-4-6-20(7-5-18)25-17-36(28(39)21-8-11-35(12-9-21)19(2)37)13-10-26(25)34(3)27(38)22-14-23(29(31,32)33)16-24(30)15-22/h4-7,14-16,21,25-26H,8-13,17H2,1-3H3. The van der Waals surface area contributed by atoms with E-state index in [0.29, 0.717) is 45.4 Å². The number of hydrogen-bond acceptors (Lipinski definition) is 3. The Kier molecular flexibility index (Phi) is 8.73. The van der Waals surface area contributed by atoms with Crippen LogP contribution in [0.2, 0.25) is 0 Å². The van der Waals surface area contributed by atoms with Gasteiger partial charge >= 0.3 is 6.18 Å². The van der Waals surface area contributed by atoms with Gasteiger partial charge in [0.2, 0.25) is 11.8 Å². The van der Waals surface area contributed by atoms with Crippen molar-refractivity contribution >= 4 is 33.7 Å². The molecule has 6 nitrogen and oxygen atoms in total. The van der Waals surface area contributed by atoms with Gasteiger partial charge < -0.3 is 14.7 Å². The van der Waals surface area contributed by atoms with Crippen molar-refractivity contribution in [1.82, 2.24) is 14.7 Å². The highest BCUT2D eigenvalue weighted by Crippen LogP contribution is 2.35. The summed E-state index contributed by atoms with van der Waals surface area (Å²) in [6.45, 7) is 5.49. The van der Waals surface area contributed by atoms with E-state index in [2.05, 4.69) is 15.9 Å². The highest BCUT2D eigenvalue weighted by atomic mass is 79.9. The molecule has 0 bridgehead atoms. The van der Waals surface area contributed by atoms with Crippen molar-refractivity contribution in [2.45, 2.75) is 51.2 Å². The molecule has 2 unspecified atom stereocenters. The van der Waals surface area contributed by atoms with Gasteiger partial charge in [-0.05, 0) is 49.9 Å². The zero-order valence-corrected chi connectivity index (χ0v) is 23.9. The third-order valence-corrected chi connectivity index (χ3v) is 8.43. The molecule has 4 rings (SSSR count). The summed E-state index contributed by atoms with van der Waals surface area (Å²) in [5.41, 5.74) is 1.12. The van der Waals surface area contributed by atoms with Gasteiger partial charge in [0.25, 0.3) is 5.91 Å². The van der Waals surface area contributed by atoms with Crippen LogP contribution in [0.3, 0.4) is 0 Å². The van der Waals surface area contributed by atoms with E-state index in [1.54, 1.807) is 11.9 Å². The molecule has 2 fully saturated rings. The topological polar surface area (TPSA) is 60.9 Å². The first-order chi connectivity index (χ1) is 18.3. The molecule has 10 heteroatoms. The summed E-state index contributed by atoms with van der Waals surface area (Å²) < 4.78 is 40.4. The Morgan fingerprint density at radius 1 is 0.949 bits per heavy atom. The van der Waals surface area contributed by atoms with Crippen LogP contribution in [-0.2, 0) is 15.8 Å². The maximum Gasteiger partial charge on any atom is 0.416 e. The summed E-state index contributed by atoms with van der Waals surface area (Å²) >= 11 is 3.11. The lowest BCUT2D eigenvalue weighted by Crippen LogP contribution is -2.53. The monoisotopic (exact) mass is 607 g/mol. The quantitative estimate of drug-likeness (QED) is 0.462. The van der Waals surface area contributed by atoms with Crippen LogP contribution in [0.25, 0.3) is 0 Å². The number of carbonyl (C=O) groups is 3. The van der Waals surface area contributed by atoms with Gasteiger partial charge in [0.15, 0.2) is 0 Å². The van der Waals surface area contributed by atoms with Gasteiger partial charge in [0.05, 0.1) is 5.56 Å². The van der Waals surface area contributed by atoms with E-state index in [1.165, 1.54) is 17.9 Å². The fourth-order valence-electron chi connectivity index (χ4n) is 5.68. The van der Waals surface area contributed by atoms with Crippen LogP contribution in [0, 0.1) is 12.8 Å². The summed E-state index contributed by atoms with van der Waals surface area (Å²) in [4.78, 5) is 43.8. The summed E-state index contributed by atoms with van der Waals surface area (Å²) in [6.07, 6.45) is -2.83. The number of aryl methyl sites for hydroxylation is 1. The van der Waals surface area contributed by atoms with E-state index in [1.807, 2.05) is 36.1 Å². The van der Waals surface area contributed by atoms with Gasteiger partial charge in [-0.3, -0.25) is 14.4 Å². The lowest BCUT2D eigenvalue weighted by Gasteiger charge is -2.44. The molecule has 3 amide bonds. The summed E-state index contributed by atoms with van der Waals surface area (Å²) in [5, 5.41) is 0. The summed E-state index contributed by atoms with van der Waals surface area (Å²) in [5.74, 6) is -0.784. The molecule has 210 valence electrons. The number of amides is 3. The van der Waals surface area contributed by atoms with Crippen LogP contribution in [0.15, 0.2) is 46.9 Å². The van der Waals surface area contributed by atoms with E-state index in [-0.39, 0.29) is 39.7 Å². The van der Waals surface area contributed by atoms with Crippen molar-refractivity contribution in [3.8, 4) is 0 Å². The fourth-order valence-corrected chi connectivity index (χ4v) is 6.17. The van der Waals surface area contributed by atoms with Crippen LogP contribution in [0.5, 0.6) is 0 Å². The maximum absolute atomic E-state index is 13.5. The Morgan fingerprint density at radius 3 is 2.15 bits per heavy atom. The number of piperidine rings is 2.